The van der Waals surface area contributed by atoms with Crippen molar-refractivity contribution in [2.45, 2.75) is 19.9 Å². The van der Waals surface area contributed by atoms with E-state index in [1.54, 1.807) is 44.2 Å². The summed E-state index contributed by atoms with van der Waals surface area (Å²) in [7, 11) is 0. The van der Waals surface area contributed by atoms with Gasteiger partial charge < -0.3 is 10.1 Å². The largest absolute Gasteiger partial charge is 0.463 e. The van der Waals surface area contributed by atoms with Crippen molar-refractivity contribution in [3.63, 3.8) is 0 Å². The van der Waals surface area contributed by atoms with Gasteiger partial charge in [-0.05, 0) is 31.5 Å². The van der Waals surface area contributed by atoms with Crippen LogP contribution < -0.4 is 5.32 Å². The fraction of sp³-hybridized carbons (Fsp3) is 0.190. The maximum absolute atomic E-state index is 13.2. The topological polar surface area (TPSA) is 119 Å². The Labute approximate surface area is 172 Å². The molecular formula is C21H19N3O6. The standard InChI is InChI=1S/C21H19N3O6/c1-3-30-20(26)17-13(2)22-21(27)23(18(17)14-7-5-4-6-8-14)19(25)15-9-11-16(12-10-15)24(28)29/h4-12,18H,3H2,1-2H3,(H,22,27). The zero-order chi connectivity index (χ0) is 21.8. The number of benzene rings is 2. The Morgan fingerprint density at radius 3 is 2.33 bits per heavy atom. The minimum atomic E-state index is -1.01. The Kier molecular flexibility index (Phi) is 5.91. The van der Waals surface area contributed by atoms with Gasteiger partial charge in [0, 0.05) is 23.4 Å². The second-order valence-electron chi connectivity index (χ2n) is 6.48. The summed E-state index contributed by atoms with van der Waals surface area (Å²) in [5.74, 6) is -1.35. The molecule has 9 heteroatoms. The van der Waals surface area contributed by atoms with E-state index in [1.165, 1.54) is 24.3 Å². The lowest BCUT2D eigenvalue weighted by atomic mass is 9.93. The summed E-state index contributed by atoms with van der Waals surface area (Å²) in [6.45, 7) is 3.35. The van der Waals surface area contributed by atoms with Gasteiger partial charge in [-0.2, -0.15) is 0 Å². The van der Waals surface area contributed by atoms with Crippen LogP contribution in [0.2, 0.25) is 0 Å². The number of urea groups is 1. The molecule has 0 aliphatic carbocycles. The molecule has 1 aliphatic rings. The number of ether oxygens (including phenoxy) is 1. The fourth-order valence-corrected chi connectivity index (χ4v) is 3.24. The molecule has 0 aromatic heterocycles. The van der Waals surface area contributed by atoms with E-state index in [-0.39, 0.29) is 23.4 Å². The molecule has 0 radical (unpaired) electrons. The summed E-state index contributed by atoms with van der Waals surface area (Å²) in [6, 6.07) is 11.8. The molecule has 1 aliphatic heterocycles. The third kappa shape index (κ3) is 3.90. The Bertz CT molecular complexity index is 1030. The molecule has 0 bridgehead atoms. The molecule has 2 aromatic rings. The number of amides is 3. The maximum atomic E-state index is 13.2. The lowest BCUT2D eigenvalue weighted by molar-refractivity contribution is -0.384. The Balaban J connectivity index is 2.10. The minimum absolute atomic E-state index is 0.0689. The predicted molar refractivity (Wildman–Crippen MR) is 106 cm³/mol. The Morgan fingerprint density at radius 2 is 1.77 bits per heavy atom. The lowest BCUT2D eigenvalue weighted by Gasteiger charge is -2.36. The second-order valence-corrected chi connectivity index (χ2v) is 6.48. The lowest BCUT2D eigenvalue weighted by Crippen LogP contribution is -2.51. The Morgan fingerprint density at radius 1 is 1.13 bits per heavy atom. The normalized spacial score (nSPS) is 16.1. The molecular weight excluding hydrogens is 390 g/mol. The fourth-order valence-electron chi connectivity index (χ4n) is 3.24. The molecule has 9 nitrogen and oxygen atoms in total. The van der Waals surface area contributed by atoms with Crippen LogP contribution in [0, 0.1) is 10.1 Å². The van der Waals surface area contributed by atoms with Gasteiger partial charge in [-0.1, -0.05) is 30.3 Å². The van der Waals surface area contributed by atoms with Gasteiger partial charge in [0.15, 0.2) is 0 Å². The van der Waals surface area contributed by atoms with Crippen molar-refractivity contribution in [2.24, 2.45) is 0 Å². The van der Waals surface area contributed by atoms with Crippen molar-refractivity contribution in [2.75, 3.05) is 6.61 Å². The van der Waals surface area contributed by atoms with Crippen LogP contribution in [0.4, 0.5) is 10.5 Å². The van der Waals surface area contributed by atoms with Gasteiger partial charge in [-0.15, -0.1) is 0 Å². The number of carbonyl (C=O) groups is 3. The molecule has 0 fully saturated rings. The van der Waals surface area contributed by atoms with E-state index in [0.29, 0.717) is 11.3 Å². The molecule has 1 N–H and O–H groups in total. The molecule has 1 unspecified atom stereocenters. The molecule has 30 heavy (non-hydrogen) atoms. The van der Waals surface area contributed by atoms with Crippen LogP contribution in [0.15, 0.2) is 65.9 Å². The number of hydrogen-bond donors (Lipinski definition) is 1. The molecule has 2 aromatic carbocycles. The van der Waals surface area contributed by atoms with Crippen molar-refractivity contribution in [1.29, 1.82) is 0 Å². The number of rotatable bonds is 5. The highest BCUT2D eigenvalue weighted by atomic mass is 16.6. The summed E-state index contributed by atoms with van der Waals surface area (Å²) in [6.07, 6.45) is 0. The molecule has 0 spiro atoms. The molecule has 0 saturated heterocycles. The highest BCUT2D eigenvalue weighted by molar-refractivity contribution is 6.08. The molecule has 3 rings (SSSR count). The first-order valence-corrected chi connectivity index (χ1v) is 9.17. The van der Waals surface area contributed by atoms with E-state index in [1.807, 2.05) is 0 Å². The Hall–Kier alpha value is -4.01. The predicted octanol–water partition coefficient (Wildman–Crippen LogP) is 3.34. The van der Waals surface area contributed by atoms with Crippen LogP contribution in [0.3, 0.4) is 0 Å². The highest BCUT2D eigenvalue weighted by Gasteiger charge is 2.42. The van der Waals surface area contributed by atoms with Crippen molar-refractivity contribution in [1.82, 2.24) is 10.2 Å². The van der Waals surface area contributed by atoms with Crippen molar-refractivity contribution < 1.29 is 24.0 Å². The number of nitro groups is 1. The van der Waals surface area contributed by atoms with Crippen LogP contribution in [0.25, 0.3) is 0 Å². The van der Waals surface area contributed by atoms with Gasteiger partial charge in [0.25, 0.3) is 11.6 Å². The van der Waals surface area contributed by atoms with Crippen molar-refractivity contribution in [3.05, 3.63) is 87.1 Å². The van der Waals surface area contributed by atoms with Crippen LogP contribution in [0.1, 0.15) is 35.8 Å². The number of hydrogen-bond acceptors (Lipinski definition) is 6. The zero-order valence-electron chi connectivity index (χ0n) is 16.3. The van der Waals surface area contributed by atoms with Gasteiger partial charge in [0.05, 0.1) is 17.1 Å². The smallest absolute Gasteiger partial charge is 0.338 e. The number of carbonyl (C=O) groups excluding carboxylic acids is 3. The van der Waals surface area contributed by atoms with Gasteiger partial charge >= 0.3 is 12.0 Å². The number of esters is 1. The average molecular weight is 409 g/mol. The number of allylic oxidation sites excluding steroid dienone is 1. The first-order valence-electron chi connectivity index (χ1n) is 9.17. The van der Waals surface area contributed by atoms with E-state index in [9.17, 15) is 24.5 Å². The number of nitro benzene ring substituents is 1. The summed E-state index contributed by atoms with van der Waals surface area (Å²) < 4.78 is 5.15. The monoisotopic (exact) mass is 409 g/mol. The molecule has 1 atom stereocenters. The van der Waals surface area contributed by atoms with Crippen molar-refractivity contribution in [3.8, 4) is 0 Å². The van der Waals surface area contributed by atoms with E-state index in [4.69, 9.17) is 4.74 Å². The van der Waals surface area contributed by atoms with Gasteiger partial charge in [-0.3, -0.25) is 14.9 Å². The third-order valence-electron chi connectivity index (χ3n) is 4.60. The number of nitrogens with one attached hydrogen (secondary N) is 1. The molecule has 1 heterocycles. The quantitative estimate of drug-likeness (QED) is 0.460. The summed E-state index contributed by atoms with van der Waals surface area (Å²) in [5, 5.41) is 13.4. The van der Waals surface area contributed by atoms with Crippen LogP contribution in [-0.2, 0) is 9.53 Å². The molecule has 0 saturated carbocycles. The second kappa shape index (κ2) is 8.56. The average Bonchev–Trinajstić information content (AvgIpc) is 2.73. The van der Waals surface area contributed by atoms with Crippen LogP contribution >= 0.6 is 0 Å². The van der Waals surface area contributed by atoms with Crippen LogP contribution in [0.5, 0.6) is 0 Å². The molecule has 154 valence electrons. The summed E-state index contributed by atoms with van der Waals surface area (Å²) >= 11 is 0. The van der Waals surface area contributed by atoms with Gasteiger partial charge in [0.2, 0.25) is 0 Å². The summed E-state index contributed by atoms with van der Waals surface area (Å²) in [5.41, 5.74) is 0.861. The molecule has 3 amide bonds. The first kappa shape index (κ1) is 20.7. The van der Waals surface area contributed by atoms with E-state index in [2.05, 4.69) is 5.32 Å². The number of imide groups is 1. The van der Waals surface area contributed by atoms with E-state index in [0.717, 1.165) is 4.90 Å². The zero-order valence-corrected chi connectivity index (χ0v) is 16.3. The SMILES string of the molecule is CCOC(=O)C1=C(C)NC(=O)N(C(=O)c2ccc([N+](=O)[O-])cc2)C1c1ccccc1. The van der Waals surface area contributed by atoms with E-state index < -0.39 is 28.9 Å². The third-order valence-corrected chi connectivity index (χ3v) is 4.60. The van der Waals surface area contributed by atoms with E-state index >= 15 is 0 Å². The summed E-state index contributed by atoms with van der Waals surface area (Å²) in [4.78, 5) is 49.9. The van der Waals surface area contributed by atoms with Gasteiger partial charge in [0.1, 0.15) is 6.04 Å². The first-order chi connectivity index (χ1) is 14.3. The minimum Gasteiger partial charge on any atom is -0.463 e. The van der Waals surface area contributed by atoms with Crippen molar-refractivity contribution >= 4 is 23.6 Å². The number of non-ortho nitro benzene ring substituents is 1. The number of nitrogens with zero attached hydrogens (tertiary/aromatic N) is 2. The highest BCUT2D eigenvalue weighted by Crippen LogP contribution is 2.35. The van der Waals surface area contributed by atoms with Gasteiger partial charge in [-0.25, -0.2) is 14.5 Å². The maximum Gasteiger partial charge on any atom is 0.338 e. The van der Waals surface area contributed by atoms with Crippen LogP contribution in [-0.4, -0.2) is 34.3 Å².